The second-order valence-electron chi connectivity index (χ2n) is 5.86. The fraction of sp³-hybridized carbons (Fsp3) is 0.933. The van der Waals surface area contributed by atoms with E-state index in [4.69, 9.17) is 10.5 Å². The molecule has 0 aromatic carbocycles. The van der Waals surface area contributed by atoms with Crippen LogP contribution in [0.3, 0.4) is 0 Å². The molecule has 1 heterocycles. The molecule has 2 N–H and O–H groups in total. The molecule has 1 fully saturated rings. The number of nitrogens with two attached hydrogens (primary N) is 1. The highest BCUT2D eigenvalue weighted by molar-refractivity contribution is 5.85. The van der Waals surface area contributed by atoms with Gasteiger partial charge >= 0.3 is 0 Å². The highest BCUT2D eigenvalue weighted by Gasteiger charge is 2.30. The minimum Gasteiger partial charge on any atom is -0.375 e. The van der Waals surface area contributed by atoms with Crippen LogP contribution in [0, 0.1) is 5.92 Å². The molecule has 0 aliphatic carbocycles. The normalized spacial score (nSPS) is 20.0. The van der Waals surface area contributed by atoms with Crippen molar-refractivity contribution in [2.45, 2.75) is 46.3 Å². The van der Waals surface area contributed by atoms with E-state index in [9.17, 15) is 4.79 Å². The fourth-order valence-electron chi connectivity index (χ4n) is 2.45. The molecule has 2 atom stereocenters. The fourth-order valence-corrected chi connectivity index (χ4v) is 2.45. The minimum atomic E-state index is -0.385. The summed E-state index contributed by atoms with van der Waals surface area (Å²) in [4.78, 5) is 16.3. The minimum absolute atomic E-state index is 0. The molecule has 1 rings (SSSR count). The molecule has 0 aromatic rings. The zero-order valence-corrected chi connectivity index (χ0v) is 14.7. The van der Waals surface area contributed by atoms with E-state index in [1.165, 1.54) is 0 Å². The molecule has 0 aromatic heterocycles. The number of amides is 1. The van der Waals surface area contributed by atoms with E-state index in [0.717, 1.165) is 39.2 Å². The second-order valence-corrected chi connectivity index (χ2v) is 5.86. The lowest BCUT2D eigenvalue weighted by atomic mass is 10.0. The van der Waals surface area contributed by atoms with Crippen molar-refractivity contribution in [2.24, 2.45) is 11.7 Å². The van der Waals surface area contributed by atoms with Crippen LogP contribution in [0.15, 0.2) is 0 Å². The van der Waals surface area contributed by atoms with E-state index in [2.05, 4.69) is 18.7 Å². The van der Waals surface area contributed by atoms with Crippen LogP contribution in [0.2, 0.25) is 0 Å². The van der Waals surface area contributed by atoms with Crippen molar-refractivity contribution in [3.05, 3.63) is 0 Å². The third-order valence-corrected chi connectivity index (χ3v) is 4.12. The molecule has 0 saturated carbocycles. The number of likely N-dealkylation sites (N-methyl/N-ethyl adjacent to an activating group) is 1. The Morgan fingerprint density at radius 2 is 2.00 bits per heavy atom. The summed E-state index contributed by atoms with van der Waals surface area (Å²) in [6.45, 7) is 13.6. The molecule has 5 nitrogen and oxygen atoms in total. The average molecular weight is 322 g/mol. The lowest BCUT2D eigenvalue weighted by molar-refractivity contribution is -0.133. The van der Waals surface area contributed by atoms with E-state index in [-0.39, 0.29) is 36.4 Å². The van der Waals surface area contributed by atoms with E-state index in [1.807, 2.05) is 18.7 Å². The summed E-state index contributed by atoms with van der Waals surface area (Å²) in [5.74, 6) is 0.250. The molecule has 0 bridgehead atoms. The van der Waals surface area contributed by atoms with E-state index >= 15 is 0 Å². The maximum Gasteiger partial charge on any atom is 0.239 e. The van der Waals surface area contributed by atoms with Crippen LogP contribution in [-0.4, -0.2) is 67.2 Å². The number of hydrogen-bond donors (Lipinski definition) is 1. The van der Waals surface area contributed by atoms with Gasteiger partial charge in [-0.05, 0) is 25.4 Å². The van der Waals surface area contributed by atoms with Crippen molar-refractivity contribution >= 4 is 18.3 Å². The van der Waals surface area contributed by atoms with Gasteiger partial charge in [0, 0.05) is 19.6 Å². The molecule has 1 unspecified atom stereocenters. The largest absolute Gasteiger partial charge is 0.375 e. The first-order valence-electron chi connectivity index (χ1n) is 7.87. The van der Waals surface area contributed by atoms with Gasteiger partial charge in [0.05, 0.1) is 18.8 Å². The first-order chi connectivity index (χ1) is 9.49. The Labute approximate surface area is 135 Å². The number of rotatable bonds is 8. The number of hydrogen-bond acceptors (Lipinski definition) is 4. The topological polar surface area (TPSA) is 58.8 Å². The summed E-state index contributed by atoms with van der Waals surface area (Å²) in [7, 11) is 0. The maximum absolute atomic E-state index is 12.1. The maximum atomic E-state index is 12.1. The molecular formula is C15H32ClN3O2. The molecule has 1 saturated heterocycles. The van der Waals surface area contributed by atoms with Crippen LogP contribution in [-0.2, 0) is 9.53 Å². The Balaban J connectivity index is 0.00000400. The lowest BCUT2D eigenvalue weighted by Crippen LogP contribution is -2.46. The molecule has 0 radical (unpaired) electrons. The van der Waals surface area contributed by atoms with Crippen LogP contribution in [0.1, 0.15) is 34.1 Å². The Morgan fingerprint density at radius 1 is 1.38 bits per heavy atom. The summed E-state index contributed by atoms with van der Waals surface area (Å²) >= 11 is 0. The molecule has 1 aliphatic heterocycles. The van der Waals surface area contributed by atoms with Gasteiger partial charge in [-0.1, -0.05) is 27.7 Å². The number of likely N-dealkylation sites (tertiary alicyclic amines) is 1. The molecule has 1 amide bonds. The Hall–Kier alpha value is -0.360. The number of carbonyl (C=O) groups excluding carboxylic acids is 1. The molecular weight excluding hydrogens is 290 g/mol. The highest BCUT2D eigenvalue weighted by Crippen LogP contribution is 2.15. The first kappa shape index (κ1) is 20.6. The van der Waals surface area contributed by atoms with E-state index in [1.54, 1.807) is 0 Å². The standard InChI is InChI=1S/C15H31N3O2.ClH/c1-5-17(6-2)9-10-20-13-7-8-18(11-13)15(19)14(16)12(3)4;/h12-14H,5-11,16H2,1-4H3;1H/t13?,14-;/m0./s1. The summed E-state index contributed by atoms with van der Waals surface area (Å²) in [6.07, 6.45) is 1.10. The molecule has 0 spiro atoms. The van der Waals surface area contributed by atoms with Gasteiger partial charge in [-0.25, -0.2) is 0 Å². The van der Waals surface area contributed by atoms with Crippen molar-refractivity contribution in [3.8, 4) is 0 Å². The second kappa shape index (κ2) is 10.4. The van der Waals surface area contributed by atoms with Crippen molar-refractivity contribution < 1.29 is 9.53 Å². The number of halogens is 1. The summed E-state index contributed by atoms with van der Waals surface area (Å²) in [5, 5.41) is 0. The van der Waals surface area contributed by atoms with Gasteiger partial charge in [-0.3, -0.25) is 4.79 Å². The summed E-state index contributed by atoms with van der Waals surface area (Å²) in [5.41, 5.74) is 5.92. The SMILES string of the molecule is CCN(CC)CCOC1CCN(C(=O)[C@@H](N)C(C)C)C1.Cl. The molecule has 6 heteroatoms. The van der Waals surface area contributed by atoms with Crippen LogP contribution >= 0.6 is 12.4 Å². The van der Waals surface area contributed by atoms with Crippen molar-refractivity contribution in [1.82, 2.24) is 9.80 Å². The molecule has 21 heavy (non-hydrogen) atoms. The zero-order chi connectivity index (χ0) is 15.1. The van der Waals surface area contributed by atoms with Gasteiger partial charge in [0.25, 0.3) is 0 Å². The quantitative estimate of drug-likeness (QED) is 0.733. The van der Waals surface area contributed by atoms with E-state index in [0.29, 0.717) is 6.54 Å². The molecule has 1 aliphatic rings. The monoisotopic (exact) mass is 321 g/mol. The Morgan fingerprint density at radius 3 is 2.52 bits per heavy atom. The van der Waals surface area contributed by atoms with Crippen molar-refractivity contribution in [3.63, 3.8) is 0 Å². The smallest absolute Gasteiger partial charge is 0.239 e. The van der Waals surface area contributed by atoms with Crippen LogP contribution in [0.5, 0.6) is 0 Å². The summed E-state index contributed by atoms with van der Waals surface area (Å²) < 4.78 is 5.88. The summed E-state index contributed by atoms with van der Waals surface area (Å²) in [6, 6.07) is -0.385. The lowest BCUT2D eigenvalue weighted by Gasteiger charge is -2.23. The third-order valence-electron chi connectivity index (χ3n) is 4.12. The number of carbonyl (C=O) groups is 1. The number of nitrogens with zero attached hydrogens (tertiary/aromatic N) is 2. The average Bonchev–Trinajstić information content (AvgIpc) is 2.90. The van der Waals surface area contributed by atoms with Crippen molar-refractivity contribution in [2.75, 3.05) is 39.3 Å². The van der Waals surface area contributed by atoms with E-state index < -0.39 is 0 Å². The first-order valence-corrected chi connectivity index (χ1v) is 7.87. The predicted molar refractivity (Wildman–Crippen MR) is 88.8 cm³/mol. The van der Waals surface area contributed by atoms with Gasteiger partial charge in [0.1, 0.15) is 0 Å². The highest BCUT2D eigenvalue weighted by atomic mass is 35.5. The van der Waals surface area contributed by atoms with Gasteiger partial charge in [-0.15, -0.1) is 12.4 Å². The van der Waals surface area contributed by atoms with Crippen LogP contribution < -0.4 is 5.73 Å². The van der Waals surface area contributed by atoms with Crippen LogP contribution in [0.25, 0.3) is 0 Å². The Bertz CT molecular complexity index is 299. The molecule has 126 valence electrons. The Kier molecular flexibility index (Phi) is 10.2. The van der Waals surface area contributed by atoms with Gasteiger partial charge in [0.2, 0.25) is 5.91 Å². The van der Waals surface area contributed by atoms with Gasteiger partial charge in [-0.2, -0.15) is 0 Å². The van der Waals surface area contributed by atoms with Gasteiger partial charge < -0.3 is 20.3 Å². The van der Waals surface area contributed by atoms with Crippen LogP contribution in [0.4, 0.5) is 0 Å². The number of ether oxygens (including phenoxy) is 1. The predicted octanol–water partition coefficient (Wildman–Crippen LogP) is 1.35. The third kappa shape index (κ3) is 6.51. The van der Waals surface area contributed by atoms with Crippen molar-refractivity contribution in [1.29, 1.82) is 0 Å². The zero-order valence-electron chi connectivity index (χ0n) is 13.9. The van der Waals surface area contributed by atoms with Gasteiger partial charge in [0.15, 0.2) is 0 Å².